The summed E-state index contributed by atoms with van der Waals surface area (Å²) in [4.78, 5) is 8.50. The Morgan fingerprint density at radius 1 is 1.10 bits per heavy atom. The number of rotatable bonds is 5. The largest absolute Gasteiger partial charge is 0.355 e. The third-order valence-electron chi connectivity index (χ3n) is 4.08. The SMILES string of the molecule is c1cc(CCNc2nccn2C2CCCCC2)ccn1. The molecule has 0 radical (unpaired) electrons. The molecule has 0 unspecified atom stereocenters. The maximum absolute atomic E-state index is 4.46. The topological polar surface area (TPSA) is 42.7 Å². The van der Waals surface area contributed by atoms with Gasteiger partial charge in [0, 0.05) is 37.4 Å². The maximum Gasteiger partial charge on any atom is 0.203 e. The van der Waals surface area contributed by atoms with Gasteiger partial charge in [-0.2, -0.15) is 0 Å². The normalized spacial score (nSPS) is 16.2. The number of imidazole rings is 1. The van der Waals surface area contributed by atoms with E-state index < -0.39 is 0 Å². The highest BCUT2D eigenvalue weighted by Crippen LogP contribution is 2.30. The van der Waals surface area contributed by atoms with Crippen molar-refractivity contribution in [2.45, 2.75) is 44.6 Å². The minimum atomic E-state index is 0.634. The van der Waals surface area contributed by atoms with E-state index in [0.717, 1.165) is 18.9 Å². The molecular weight excluding hydrogens is 248 g/mol. The van der Waals surface area contributed by atoms with Crippen molar-refractivity contribution in [3.63, 3.8) is 0 Å². The van der Waals surface area contributed by atoms with Crippen LogP contribution in [0.1, 0.15) is 43.7 Å². The number of hydrogen-bond donors (Lipinski definition) is 1. The molecule has 1 saturated carbocycles. The van der Waals surface area contributed by atoms with Crippen LogP contribution in [0, 0.1) is 0 Å². The monoisotopic (exact) mass is 270 g/mol. The molecule has 0 atom stereocenters. The van der Waals surface area contributed by atoms with Gasteiger partial charge < -0.3 is 9.88 Å². The molecule has 1 N–H and O–H groups in total. The van der Waals surface area contributed by atoms with Gasteiger partial charge >= 0.3 is 0 Å². The Morgan fingerprint density at radius 3 is 2.70 bits per heavy atom. The molecule has 20 heavy (non-hydrogen) atoms. The van der Waals surface area contributed by atoms with Crippen LogP contribution >= 0.6 is 0 Å². The first kappa shape index (κ1) is 13.2. The van der Waals surface area contributed by atoms with Crippen molar-refractivity contribution in [1.29, 1.82) is 0 Å². The van der Waals surface area contributed by atoms with E-state index in [-0.39, 0.29) is 0 Å². The molecular formula is C16H22N4. The predicted molar refractivity (Wildman–Crippen MR) is 80.8 cm³/mol. The zero-order valence-corrected chi connectivity index (χ0v) is 11.8. The van der Waals surface area contributed by atoms with E-state index in [9.17, 15) is 0 Å². The van der Waals surface area contributed by atoms with Crippen LogP contribution in [-0.2, 0) is 6.42 Å². The molecule has 3 rings (SSSR count). The van der Waals surface area contributed by atoms with Crippen LogP contribution < -0.4 is 5.32 Å². The summed E-state index contributed by atoms with van der Waals surface area (Å²) < 4.78 is 2.33. The molecule has 1 aliphatic carbocycles. The quantitative estimate of drug-likeness (QED) is 0.905. The van der Waals surface area contributed by atoms with Gasteiger partial charge in [0.05, 0.1) is 0 Å². The molecule has 1 fully saturated rings. The summed E-state index contributed by atoms with van der Waals surface area (Å²) in [7, 11) is 0. The third-order valence-corrected chi connectivity index (χ3v) is 4.08. The van der Waals surface area contributed by atoms with Gasteiger partial charge in [0.1, 0.15) is 0 Å². The van der Waals surface area contributed by atoms with Crippen molar-refractivity contribution in [1.82, 2.24) is 14.5 Å². The Balaban J connectivity index is 1.56. The van der Waals surface area contributed by atoms with Crippen LogP contribution in [0.2, 0.25) is 0 Å². The van der Waals surface area contributed by atoms with E-state index in [4.69, 9.17) is 0 Å². The average molecular weight is 270 g/mol. The standard InChI is InChI=1S/C16H22N4/c1-2-4-15(5-3-1)20-13-12-19-16(20)18-11-8-14-6-9-17-10-7-14/h6-7,9-10,12-13,15H,1-5,8,11H2,(H,18,19). The van der Waals surface area contributed by atoms with Gasteiger partial charge in [0.2, 0.25) is 5.95 Å². The van der Waals surface area contributed by atoms with E-state index in [1.54, 1.807) is 0 Å². The van der Waals surface area contributed by atoms with Crippen LogP contribution in [0.25, 0.3) is 0 Å². The highest BCUT2D eigenvalue weighted by atomic mass is 15.2. The summed E-state index contributed by atoms with van der Waals surface area (Å²) in [6.45, 7) is 0.910. The van der Waals surface area contributed by atoms with Crippen LogP contribution in [0.5, 0.6) is 0 Å². The van der Waals surface area contributed by atoms with Crippen molar-refractivity contribution in [2.75, 3.05) is 11.9 Å². The Labute approximate surface area is 120 Å². The van der Waals surface area contributed by atoms with Gasteiger partial charge in [0.15, 0.2) is 0 Å². The molecule has 4 heteroatoms. The lowest BCUT2D eigenvalue weighted by molar-refractivity contribution is 0.356. The molecule has 0 spiro atoms. The first-order valence-corrected chi connectivity index (χ1v) is 7.59. The minimum Gasteiger partial charge on any atom is -0.355 e. The fourth-order valence-electron chi connectivity index (χ4n) is 2.97. The van der Waals surface area contributed by atoms with Crippen LogP contribution in [-0.4, -0.2) is 21.1 Å². The van der Waals surface area contributed by atoms with Gasteiger partial charge in [-0.05, 0) is 37.0 Å². The lowest BCUT2D eigenvalue weighted by atomic mass is 9.95. The first-order valence-electron chi connectivity index (χ1n) is 7.59. The summed E-state index contributed by atoms with van der Waals surface area (Å²) in [6.07, 6.45) is 15.4. The fraction of sp³-hybridized carbons (Fsp3) is 0.500. The number of anilines is 1. The molecule has 106 valence electrons. The second kappa shape index (κ2) is 6.55. The van der Waals surface area contributed by atoms with Gasteiger partial charge in [-0.1, -0.05) is 19.3 Å². The van der Waals surface area contributed by atoms with E-state index in [2.05, 4.69) is 38.2 Å². The molecule has 0 bridgehead atoms. The van der Waals surface area contributed by atoms with E-state index in [0.29, 0.717) is 6.04 Å². The van der Waals surface area contributed by atoms with E-state index >= 15 is 0 Å². The molecule has 2 aromatic rings. The summed E-state index contributed by atoms with van der Waals surface area (Å²) in [5.41, 5.74) is 1.31. The Hall–Kier alpha value is -1.84. The molecule has 0 aliphatic heterocycles. The van der Waals surface area contributed by atoms with Gasteiger partial charge in [-0.15, -0.1) is 0 Å². The van der Waals surface area contributed by atoms with Gasteiger partial charge in [-0.25, -0.2) is 4.98 Å². The lowest BCUT2D eigenvalue weighted by Crippen LogP contribution is -2.16. The van der Waals surface area contributed by atoms with Crippen molar-refractivity contribution in [3.8, 4) is 0 Å². The second-order valence-electron chi connectivity index (χ2n) is 5.48. The average Bonchev–Trinajstić information content (AvgIpc) is 2.98. The Kier molecular flexibility index (Phi) is 4.31. The number of nitrogens with one attached hydrogen (secondary N) is 1. The molecule has 2 heterocycles. The Bertz CT molecular complexity index is 514. The highest BCUT2D eigenvalue weighted by molar-refractivity contribution is 5.27. The first-order chi connectivity index (χ1) is 9.93. The number of pyridine rings is 1. The molecule has 2 aromatic heterocycles. The molecule has 0 amide bonds. The zero-order chi connectivity index (χ0) is 13.6. The van der Waals surface area contributed by atoms with Crippen LogP contribution in [0.3, 0.4) is 0 Å². The maximum atomic E-state index is 4.46. The fourth-order valence-corrected chi connectivity index (χ4v) is 2.97. The number of aromatic nitrogens is 3. The number of nitrogens with zero attached hydrogens (tertiary/aromatic N) is 3. The predicted octanol–water partition coefficient (Wildman–Crippen LogP) is 3.44. The van der Waals surface area contributed by atoms with Gasteiger partial charge in [-0.3, -0.25) is 4.98 Å². The lowest BCUT2D eigenvalue weighted by Gasteiger charge is -2.24. The van der Waals surface area contributed by atoms with Crippen LogP contribution in [0.4, 0.5) is 5.95 Å². The summed E-state index contributed by atoms with van der Waals surface area (Å²) in [5.74, 6) is 1.02. The summed E-state index contributed by atoms with van der Waals surface area (Å²) in [6, 6.07) is 4.76. The summed E-state index contributed by atoms with van der Waals surface area (Å²) in [5, 5.41) is 3.47. The smallest absolute Gasteiger partial charge is 0.203 e. The minimum absolute atomic E-state index is 0.634. The van der Waals surface area contributed by atoms with Crippen molar-refractivity contribution >= 4 is 5.95 Å². The Morgan fingerprint density at radius 2 is 1.90 bits per heavy atom. The summed E-state index contributed by atoms with van der Waals surface area (Å²) >= 11 is 0. The third kappa shape index (κ3) is 3.18. The van der Waals surface area contributed by atoms with Crippen molar-refractivity contribution < 1.29 is 0 Å². The molecule has 0 saturated heterocycles. The van der Waals surface area contributed by atoms with E-state index in [1.165, 1.54) is 37.7 Å². The second-order valence-corrected chi connectivity index (χ2v) is 5.48. The van der Waals surface area contributed by atoms with Crippen LogP contribution in [0.15, 0.2) is 36.9 Å². The van der Waals surface area contributed by atoms with Crippen molar-refractivity contribution in [2.24, 2.45) is 0 Å². The van der Waals surface area contributed by atoms with E-state index in [1.807, 2.05) is 18.6 Å². The molecule has 1 aliphatic rings. The van der Waals surface area contributed by atoms with Gasteiger partial charge in [0.25, 0.3) is 0 Å². The zero-order valence-electron chi connectivity index (χ0n) is 11.8. The highest BCUT2D eigenvalue weighted by Gasteiger charge is 2.17. The molecule has 0 aromatic carbocycles. The van der Waals surface area contributed by atoms with Crippen molar-refractivity contribution in [3.05, 3.63) is 42.5 Å². The number of hydrogen-bond acceptors (Lipinski definition) is 3. The molecule has 4 nitrogen and oxygen atoms in total.